The molecule has 3 rings (SSSR count). The average molecular weight is 348 g/mol. The lowest BCUT2D eigenvalue weighted by Crippen LogP contribution is -2.45. The van der Waals surface area contributed by atoms with Gasteiger partial charge in [0.25, 0.3) is 0 Å². The summed E-state index contributed by atoms with van der Waals surface area (Å²) in [4.78, 5) is 4.03. The van der Waals surface area contributed by atoms with Crippen LogP contribution in [-0.2, 0) is 13.0 Å². The third-order valence-corrected chi connectivity index (χ3v) is 5.56. The maximum absolute atomic E-state index is 11.6. The smallest absolute Gasteiger partial charge is 0.137 e. The Hall–Kier alpha value is -1.39. The van der Waals surface area contributed by atoms with Gasteiger partial charge in [-0.3, -0.25) is 4.68 Å². The first-order valence-corrected chi connectivity index (χ1v) is 9.14. The molecule has 1 heterocycles. The van der Waals surface area contributed by atoms with Crippen molar-refractivity contribution in [3.05, 3.63) is 47.5 Å². The van der Waals surface area contributed by atoms with Gasteiger partial charge in [-0.05, 0) is 61.1 Å². The molecule has 1 saturated carbocycles. The van der Waals surface area contributed by atoms with E-state index in [0.717, 1.165) is 30.7 Å². The van der Waals surface area contributed by atoms with E-state index in [9.17, 15) is 5.11 Å². The molecule has 1 fully saturated rings. The minimum absolute atomic E-state index is 0.228. The molecule has 5 heteroatoms. The number of hydrogen-bond donors (Lipinski definition) is 1. The van der Waals surface area contributed by atoms with Gasteiger partial charge >= 0.3 is 0 Å². The topological polar surface area (TPSA) is 50.9 Å². The number of rotatable bonds is 6. The second kappa shape index (κ2) is 7.24. The van der Waals surface area contributed by atoms with Crippen molar-refractivity contribution >= 4 is 11.6 Å². The quantitative estimate of drug-likeness (QED) is 0.859. The molecule has 0 saturated heterocycles. The summed E-state index contributed by atoms with van der Waals surface area (Å²) in [7, 11) is 0. The Morgan fingerprint density at radius 2 is 1.96 bits per heavy atom. The molecule has 2 aromatic rings. The molecular weight excluding hydrogens is 322 g/mol. The Bertz CT molecular complexity index is 641. The molecule has 24 heavy (non-hydrogen) atoms. The van der Waals surface area contributed by atoms with Gasteiger partial charge in [-0.25, -0.2) is 4.98 Å². The number of hydrogen-bond acceptors (Lipinski definition) is 3. The third-order valence-electron chi connectivity index (χ3n) is 5.31. The summed E-state index contributed by atoms with van der Waals surface area (Å²) in [5.74, 6) is 1.11. The molecule has 0 amide bonds. The molecule has 0 radical (unpaired) electrons. The molecule has 1 aromatic carbocycles. The highest BCUT2D eigenvalue weighted by atomic mass is 35.5. The Morgan fingerprint density at radius 1 is 1.25 bits per heavy atom. The number of aliphatic hydroxyl groups is 1. The highest BCUT2D eigenvalue weighted by molar-refractivity contribution is 6.30. The fourth-order valence-corrected chi connectivity index (χ4v) is 4.27. The first-order valence-electron chi connectivity index (χ1n) is 8.76. The van der Waals surface area contributed by atoms with Crippen LogP contribution in [0.3, 0.4) is 0 Å². The minimum Gasteiger partial charge on any atom is -0.387 e. The van der Waals surface area contributed by atoms with Crippen LogP contribution in [-0.4, -0.2) is 25.5 Å². The van der Waals surface area contributed by atoms with Crippen LogP contribution in [0.15, 0.2) is 36.9 Å². The average Bonchev–Trinajstić information content (AvgIpc) is 3.13. The summed E-state index contributed by atoms with van der Waals surface area (Å²) in [6, 6.07) is 7.98. The maximum atomic E-state index is 11.6. The molecule has 1 N–H and O–H groups in total. The Labute approximate surface area is 148 Å². The molecule has 1 aliphatic carbocycles. The van der Waals surface area contributed by atoms with E-state index in [1.165, 1.54) is 11.9 Å². The second-order valence-electron chi connectivity index (χ2n) is 7.52. The van der Waals surface area contributed by atoms with E-state index in [4.69, 9.17) is 11.6 Å². The molecule has 1 aliphatic rings. The van der Waals surface area contributed by atoms with Crippen LogP contribution in [0.5, 0.6) is 0 Å². The standard InChI is InChI=1S/C19H26ClN3O/c1-14(2)9-16-5-6-17(10-15-3-7-18(20)8-4-15)19(16,24)11-23-13-21-12-22-23/h3-4,7-8,12-14,16-17,24H,5-6,9-11H2,1-2H3/t16-,17+,19+/m0/s1. The summed E-state index contributed by atoms with van der Waals surface area (Å²) in [6.45, 7) is 4.97. The van der Waals surface area contributed by atoms with Gasteiger partial charge in [0.15, 0.2) is 0 Å². The molecule has 4 nitrogen and oxygen atoms in total. The fraction of sp³-hybridized carbons (Fsp3) is 0.579. The van der Waals surface area contributed by atoms with E-state index in [0.29, 0.717) is 18.4 Å². The number of benzene rings is 1. The molecule has 0 unspecified atom stereocenters. The highest BCUT2D eigenvalue weighted by Gasteiger charge is 2.49. The van der Waals surface area contributed by atoms with Crippen LogP contribution in [0.4, 0.5) is 0 Å². The van der Waals surface area contributed by atoms with Crippen LogP contribution in [0.1, 0.15) is 38.7 Å². The van der Waals surface area contributed by atoms with E-state index in [1.54, 1.807) is 11.0 Å². The van der Waals surface area contributed by atoms with E-state index in [2.05, 4.69) is 36.1 Å². The van der Waals surface area contributed by atoms with Crippen molar-refractivity contribution in [3.63, 3.8) is 0 Å². The van der Waals surface area contributed by atoms with Crippen molar-refractivity contribution in [2.24, 2.45) is 17.8 Å². The Kier molecular flexibility index (Phi) is 5.26. The zero-order valence-corrected chi connectivity index (χ0v) is 15.2. The molecular formula is C19H26ClN3O. The van der Waals surface area contributed by atoms with E-state index >= 15 is 0 Å². The molecule has 0 spiro atoms. The first kappa shape index (κ1) is 17.4. The van der Waals surface area contributed by atoms with Gasteiger partial charge in [0, 0.05) is 5.02 Å². The zero-order chi connectivity index (χ0) is 17.2. The lowest BCUT2D eigenvalue weighted by molar-refractivity contribution is -0.0589. The van der Waals surface area contributed by atoms with Crippen molar-refractivity contribution in [1.82, 2.24) is 14.8 Å². The normalized spacial score (nSPS) is 27.0. The first-order chi connectivity index (χ1) is 11.5. The zero-order valence-electron chi connectivity index (χ0n) is 14.4. The van der Waals surface area contributed by atoms with E-state index in [1.807, 2.05) is 12.1 Å². The molecule has 130 valence electrons. The van der Waals surface area contributed by atoms with Gasteiger partial charge in [-0.1, -0.05) is 37.6 Å². The maximum Gasteiger partial charge on any atom is 0.137 e. The number of nitrogens with zero attached hydrogens (tertiary/aromatic N) is 3. The van der Waals surface area contributed by atoms with E-state index in [-0.39, 0.29) is 5.92 Å². The van der Waals surface area contributed by atoms with Crippen LogP contribution >= 0.6 is 11.6 Å². The molecule has 0 bridgehead atoms. The number of halogens is 1. The molecule has 3 atom stereocenters. The van der Waals surface area contributed by atoms with E-state index < -0.39 is 5.60 Å². The molecule has 0 aliphatic heterocycles. The molecule has 1 aromatic heterocycles. The van der Waals surface area contributed by atoms with Gasteiger partial charge in [0.1, 0.15) is 12.7 Å². The van der Waals surface area contributed by atoms with Gasteiger partial charge in [0.2, 0.25) is 0 Å². The number of aromatic nitrogens is 3. The highest BCUT2D eigenvalue weighted by Crippen LogP contribution is 2.46. The van der Waals surface area contributed by atoms with Crippen LogP contribution in [0, 0.1) is 17.8 Å². The van der Waals surface area contributed by atoms with Gasteiger partial charge in [-0.15, -0.1) is 0 Å². The van der Waals surface area contributed by atoms with Crippen molar-refractivity contribution in [2.75, 3.05) is 0 Å². The van der Waals surface area contributed by atoms with Crippen molar-refractivity contribution in [2.45, 2.75) is 51.7 Å². The second-order valence-corrected chi connectivity index (χ2v) is 7.95. The summed E-state index contributed by atoms with van der Waals surface area (Å²) in [5, 5.41) is 16.6. The minimum atomic E-state index is -0.738. The summed E-state index contributed by atoms with van der Waals surface area (Å²) in [6.07, 6.45) is 7.26. The monoisotopic (exact) mass is 347 g/mol. The van der Waals surface area contributed by atoms with Crippen LogP contribution < -0.4 is 0 Å². The lowest BCUT2D eigenvalue weighted by atomic mass is 9.78. The predicted octanol–water partition coefficient (Wildman–Crippen LogP) is 3.98. The lowest BCUT2D eigenvalue weighted by Gasteiger charge is -2.36. The van der Waals surface area contributed by atoms with Gasteiger partial charge < -0.3 is 5.11 Å². The largest absolute Gasteiger partial charge is 0.387 e. The van der Waals surface area contributed by atoms with Gasteiger partial charge in [0.05, 0.1) is 12.1 Å². The predicted molar refractivity (Wildman–Crippen MR) is 95.8 cm³/mol. The Balaban J connectivity index is 1.81. The van der Waals surface area contributed by atoms with Crippen LogP contribution in [0.25, 0.3) is 0 Å². The fourth-order valence-electron chi connectivity index (χ4n) is 4.14. The summed E-state index contributed by atoms with van der Waals surface area (Å²) >= 11 is 5.99. The van der Waals surface area contributed by atoms with Crippen LogP contribution in [0.2, 0.25) is 5.02 Å². The third kappa shape index (κ3) is 3.81. The van der Waals surface area contributed by atoms with Crippen molar-refractivity contribution < 1.29 is 5.11 Å². The van der Waals surface area contributed by atoms with Crippen molar-refractivity contribution in [3.8, 4) is 0 Å². The SMILES string of the molecule is CC(C)C[C@@H]1CC[C@H](Cc2ccc(Cl)cc2)[C@@]1(O)Cn1cncn1. The Morgan fingerprint density at radius 3 is 2.58 bits per heavy atom. The summed E-state index contributed by atoms with van der Waals surface area (Å²) in [5.41, 5.74) is 0.490. The summed E-state index contributed by atoms with van der Waals surface area (Å²) < 4.78 is 1.77. The van der Waals surface area contributed by atoms with Crippen molar-refractivity contribution in [1.29, 1.82) is 0 Å². The van der Waals surface area contributed by atoms with Gasteiger partial charge in [-0.2, -0.15) is 5.10 Å².